The Hall–Kier alpha value is -1.27. The van der Waals surface area contributed by atoms with Gasteiger partial charge in [0.15, 0.2) is 0 Å². The molecule has 0 unspecified atom stereocenters. The van der Waals surface area contributed by atoms with Crippen LogP contribution in [-0.4, -0.2) is 7.11 Å². The van der Waals surface area contributed by atoms with Crippen molar-refractivity contribution in [3.05, 3.63) is 35.8 Å². The molecule has 2 N–H and O–H groups in total. The Morgan fingerprint density at radius 1 is 1.56 bits per heavy atom. The van der Waals surface area contributed by atoms with E-state index < -0.39 is 0 Å². The van der Waals surface area contributed by atoms with Crippen molar-refractivity contribution in [1.82, 2.24) is 0 Å². The third-order valence-electron chi connectivity index (χ3n) is 1.03. The lowest BCUT2D eigenvalue weighted by atomic mass is 10.2. The average molecular weight is 122 g/mol. The highest BCUT2D eigenvalue weighted by Gasteiger charge is 2.04. The summed E-state index contributed by atoms with van der Waals surface area (Å²) in [6.07, 6.45) is 8.06. The van der Waals surface area contributed by atoms with Crippen molar-refractivity contribution >= 4 is 0 Å². The fourth-order valence-electron chi connectivity index (χ4n) is 0.550. The van der Waals surface area contributed by atoms with Gasteiger partial charge in [0.05, 0.1) is 25.3 Å². The molecule has 1 aliphatic rings. The molecule has 2 heteroatoms. The van der Waals surface area contributed by atoms with E-state index in [9.17, 15) is 0 Å². The van der Waals surface area contributed by atoms with Crippen molar-refractivity contribution in [1.29, 1.82) is 0 Å². The molecule has 9 heavy (non-hydrogen) atoms. The van der Waals surface area contributed by atoms with Crippen LogP contribution in [0.5, 0.6) is 0 Å². The topological polar surface area (TPSA) is 35.2 Å². The van der Waals surface area contributed by atoms with Gasteiger partial charge in [-0.25, -0.2) is 0 Å². The maximum Gasteiger partial charge on any atom is 0.289 e. The molecule has 0 radical (unpaired) electrons. The first-order valence-electron chi connectivity index (χ1n) is 2.64. The van der Waals surface area contributed by atoms with Crippen molar-refractivity contribution in [2.24, 2.45) is 5.73 Å². The molecule has 1 rings (SSSR count). The van der Waals surface area contributed by atoms with Crippen molar-refractivity contribution < 1.29 is 4.74 Å². The summed E-state index contributed by atoms with van der Waals surface area (Å²) in [4.78, 5) is 0. The van der Waals surface area contributed by atoms with Gasteiger partial charge in [-0.15, -0.1) is 0 Å². The van der Waals surface area contributed by atoms with E-state index >= 15 is 0 Å². The maximum atomic E-state index is 5.39. The Labute approximate surface area is 54.3 Å². The average Bonchev–Trinajstić information content (AvgIpc) is 1.90. The molecule has 0 saturated heterocycles. The molecule has 0 aromatic heterocycles. The van der Waals surface area contributed by atoms with Crippen molar-refractivity contribution in [2.75, 3.05) is 7.11 Å². The minimum absolute atomic E-state index is 0.704. The van der Waals surface area contributed by atoms with Gasteiger partial charge in [-0.05, 0) is 0 Å². The van der Waals surface area contributed by atoms with Crippen LogP contribution >= 0.6 is 0 Å². The minimum Gasteiger partial charge on any atom is -0.469 e. The predicted octanol–water partition coefficient (Wildman–Crippen LogP) is 0.732. The number of methoxy groups -OCH3 is 1. The number of hydrogen-bond acceptors (Lipinski definition) is 2. The van der Waals surface area contributed by atoms with E-state index in [1.165, 1.54) is 0 Å². The molecule has 0 atom stereocenters. The van der Waals surface area contributed by atoms with Gasteiger partial charge in [0.2, 0.25) is 0 Å². The summed E-state index contributed by atoms with van der Waals surface area (Å²) in [7, 11) is 1.60. The highest BCUT2D eigenvalue weighted by atomic mass is 16.5. The second-order valence-electron chi connectivity index (χ2n) is 1.69. The smallest absolute Gasteiger partial charge is 0.289 e. The normalized spacial score (nSPS) is 15.7. The van der Waals surface area contributed by atoms with Crippen LogP contribution < -0.4 is 5.73 Å². The van der Waals surface area contributed by atoms with Gasteiger partial charge in [-0.3, -0.25) is 0 Å². The largest absolute Gasteiger partial charge is 0.469 e. The van der Waals surface area contributed by atoms with Crippen molar-refractivity contribution in [3.63, 3.8) is 0 Å². The zero-order valence-corrected chi connectivity index (χ0v) is 5.22. The highest BCUT2D eigenvalue weighted by molar-refractivity contribution is 5.30. The Morgan fingerprint density at radius 3 is 2.78 bits per heavy atom. The van der Waals surface area contributed by atoms with Crippen LogP contribution in [0.25, 0.3) is 0 Å². The predicted molar refractivity (Wildman–Crippen MR) is 35.2 cm³/mol. The van der Waals surface area contributed by atoms with Crippen LogP contribution in [0, 0.1) is 6.08 Å². The van der Waals surface area contributed by atoms with Gasteiger partial charge in [-0.2, -0.15) is 0 Å². The lowest BCUT2D eigenvalue weighted by Crippen LogP contribution is -1.96. The van der Waals surface area contributed by atoms with E-state index in [4.69, 9.17) is 10.5 Å². The van der Waals surface area contributed by atoms with Crippen LogP contribution in [0.4, 0.5) is 0 Å². The van der Waals surface area contributed by atoms with E-state index in [1.54, 1.807) is 25.3 Å². The minimum atomic E-state index is 0.704. The standard InChI is InChI=1S/C7H8NO/c1-9-7-4-2-6(8)3-5-7/h2-4H,8H2,1H3/q+1. The van der Waals surface area contributed by atoms with Gasteiger partial charge in [-0.1, -0.05) is 0 Å². The molecular formula is C7H8NO+. The van der Waals surface area contributed by atoms with E-state index in [-0.39, 0.29) is 0 Å². The summed E-state index contributed by atoms with van der Waals surface area (Å²) in [6.45, 7) is 0. The van der Waals surface area contributed by atoms with E-state index in [0.717, 1.165) is 0 Å². The number of ether oxygens (including phenoxy) is 1. The third-order valence-corrected chi connectivity index (χ3v) is 1.03. The van der Waals surface area contributed by atoms with Crippen molar-refractivity contribution in [2.45, 2.75) is 0 Å². The number of rotatable bonds is 1. The Bertz CT molecular complexity index is 189. The first kappa shape index (κ1) is 5.86. The van der Waals surface area contributed by atoms with E-state index in [1.807, 2.05) is 0 Å². The van der Waals surface area contributed by atoms with Crippen LogP contribution in [0.3, 0.4) is 0 Å². The quantitative estimate of drug-likeness (QED) is 0.520. The third kappa shape index (κ3) is 1.31. The van der Waals surface area contributed by atoms with Crippen LogP contribution in [0.15, 0.2) is 29.7 Å². The Morgan fingerprint density at radius 2 is 2.33 bits per heavy atom. The number of nitrogens with two attached hydrogens (primary N) is 1. The SMILES string of the molecule is COC1=[C+]C=C(N)C=C1. The summed E-state index contributed by atoms with van der Waals surface area (Å²) in [5, 5.41) is 0. The molecule has 46 valence electrons. The van der Waals surface area contributed by atoms with Crippen LogP contribution in [0.2, 0.25) is 0 Å². The Kier molecular flexibility index (Phi) is 1.52. The fraction of sp³-hybridized carbons (Fsp3) is 0.143. The maximum absolute atomic E-state index is 5.39. The first-order valence-corrected chi connectivity index (χ1v) is 2.64. The van der Waals surface area contributed by atoms with Crippen molar-refractivity contribution in [3.8, 4) is 0 Å². The van der Waals surface area contributed by atoms with Gasteiger partial charge in [0.1, 0.15) is 11.8 Å². The van der Waals surface area contributed by atoms with Gasteiger partial charge in [0.25, 0.3) is 5.76 Å². The van der Waals surface area contributed by atoms with Gasteiger partial charge in [0, 0.05) is 0 Å². The molecule has 0 saturated carbocycles. The number of allylic oxidation sites excluding steroid dienone is 4. The molecule has 0 heterocycles. The molecule has 0 fully saturated rings. The molecule has 0 amide bonds. The second kappa shape index (κ2) is 2.33. The zero-order valence-electron chi connectivity index (χ0n) is 5.22. The fourth-order valence-corrected chi connectivity index (χ4v) is 0.550. The zero-order chi connectivity index (χ0) is 6.69. The van der Waals surface area contributed by atoms with Gasteiger partial charge >= 0.3 is 0 Å². The molecule has 0 aromatic carbocycles. The molecule has 0 aromatic rings. The summed E-state index contributed by atoms with van der Waals surface area (Å²) in [5.74, 6) is 0.712. The molecule has 2 nitrogen and oxygen atoms in total. The van der Waals surface area contributed by atoms with Crippen LogP contribution in [-0.2, 0) is 4.74 Å². The molecular weight excluding hydrogens is 114 g/mol. The molecule has 0 bridgehead atoms. The Balaban J connectivity index is 2.75. The summed E-state index contributed by atoms with van der Waals surface area (Å²) in [6, 6.07) is 0. The monoisotopic (exact) mass is 122 g/mol. The van der Waals surface area contributed by atoms with Crippen LogP contribution in [0.1, 0.15) is 0 Å². The molecule has 1 aliphatic carbocycles. The summed E-state index contributed by atoms with van der Waals surface area (Å²) >= 11 is 0. The van der Waals surface area contributed by atoms with E-state index in [0.29, 0.717) is 11.5 Å². The molecule has 0 spiro atoms. The van der Waals surface area contributed by atoms with E-state index in [2.05, 4.69) is 6.08 Å². The lowest BCUT2D eigenvalue weighted by molar-refractivity contribution is 0.304. The summed E-state index contributed by atoms with van der Waals surface area (Å²) < 4.78 is 4.86. The first-order chi connectivity index (χ1) is 4.33. The molecule has 0 aliphatic heterocycles. The number of hydrogen-bond donors (Lipinski definition) is 1. The summed E-state index contributed by atoms with van der Waals surface area (Å²) in [5.41, 5.74) is 6.10. The second-order valence-corrected chi connectivity index (χ2v) is 1.69. The lowest BCUT2D eigenvalue weighted by Gasteiger charge is -1.91. The van der Waals surface area contributed by atoms with Gasteiger partial charge < -0.3 is 10.5 Å². The highest BCUT2D eigenvalue weighted by Crippen LogP contribution is 2.04.